The lowest BCUT2D eigenvalue weighted by molar-refractivity contribution is -0.184. The van der Waals surface area contributed by atoms with Gasteiger partial charge in [0.2, 0.25) is 0 Å². The van der Waals surface area contributed by atoms with Crippen molar-refractivity contribution in [1.82, 2.24) is 19.8 Å². The van der Waals surface area contributed by atoms with Crippen LogP contribution in [0.5, 0.6) is 0 Å². The maximum Gasteiger partial charge on any atom is 0.257 e. The summed E-state index contributed by atoms with van der Waals surface area (Å²) in [7, 11) is -2.55. The highest BCUT2D eigenvalue weighted by atomic mass is 32.2. The molecule has 2 saturated heterocycles. The smallest absolute Gasteiger partial charge is 0.257 e. The van der Waals surface area contributed by atoms with E-state index in [0.29, 0.717) is 6.42 Å². The Balaban J connectivity index is 1.48. The first-order chi connectivity index (χ1) is 15.7. The van der Waals surface area contributed by atoms with Crippen molar-refractivity contribution in [2.75, 3.05) is 31.6 Å². The van der Waals surface area contributed by atoms with E-state index in [0.717, 1.165) is 29.6 Å². The van der Waals surface area contributed by atoms with E-state index >= 15 is 4.39 Å². The molecule has 0 aliphatic carbocycles. The van der Waals surface area contributed by atoms with Crippen molar-refractivity contribution in [3.63, 3.8) is 0 Å². The number of hydrogen-bond acceptors (Lipinski definition) is 7. The average Bonchev–Trinajstić information content (AvgIpc) is 3.28. The molecule has 0 bridgehead atoms. The van der Waals surface area contributed by atoms with Gasteiger partial charge in [0.05, 0.1) is 25.1 Å². The summed E-state index contributed by atoms with van der Waals surface area (Å²) >= 11 is 0. The molecule has 3 atom stereocenters. The van der Waals surface area contributed by atoms with Crippen LogP contribution in [0, 0.1) is 17.6 Å². The van der Waals surface area contributed by atoms with Crippen LogP contribution in [0.1, 0.15) is 24.4 Å². The number of rotatable bonds is 5. The number of carbonyl (C=O) groups is 1. The van der Waals surface area contributed by atoms with E-state index in [1.807, 2.05) is 0 Å². The second-order valence-corrected chi connectivity index (χ2v) is 9.62. The number of halogens is 3. The van der Waals surface area contributed by atoms with E-state index in [1.54, 1.807) is 0 Å². The summed E-state index contributed by atoms with van der Waals surface area (Å²) in [5.74, 6) is -2.95. The number of piperidine rings is 1. The summed E-state index contributed by atoms with van der Waals surface area (Å²) in [4.78, 5) is 27.8. The Morgan fingerprint density at radius 1 is 1.15 bits per heavy atom. The normalized spacial score (nSPS) is 23.7. The van der Waals surface area contributed by atoms with Crippen LogP contribution in [-0.4, -0.2) is 62.3 Å². The Hall–Kier alpha value is -2.77. The first kappa shape index (κ1) is 23.4. The molecular formula is C20H22F3N5O4S. The van der Waals surface area contributed by atoms with Crippen LogP contribution in [0.3, 0.4) is 0 Å². The van der Waals surface area contributed by atoms with Gasteiger partial charge in [0.25, 0.3) is 15.9 Å². The number of anilines is 1. The maximum atomic E-state index is 15.1. The molecule has 13 heteroatoms. The molecular weight excluding hydrogens is 463 g/mol. The van der Waals surface area contributed by atoms with Gasteiger partial charge in [-0.05, 0) is 31.2 Å². The quantitative estimate of drug-likeness (QED) is 0.644. The van der Waals surface area contributed by atoms with Crippen molar-refractivity contribution in [3.8, 4) is 0 Å². The number of hydrogen-bond donors (Lipinski definition) is 1. The third-order valence-corrected chi connectivity index (χ3v) is 7.06. The average molecular weight is 485 g/mol. The number of nitrogens with zero attached hydrogens (tertiary/aromatic N) is 4. The fourth-order valence-electron chi connectivity index (χ4n) is 4.07. The predicted molar refractivity (Wildman–Crippen MR) is 110 cm³/mol. The van der Waals surface area contributed by atoms with Gasteiger partial charge in [0.15, 0.2) is 5.03 Å². The SMILES string of the molecule is CNS(=O)(=O)c1cc(N2CC[C@@H](C(=O)N3OCC[C@@H]3c3cc(F)cc(F)c3)[C@@H](F)C2)ncn1. The zero-order valence-electron chi connectivity index (χ0n) is 17.6. The van der Waals surface area contributed by atoms with Crippen molar-refractivity contribution in [1.29, 1.82) is 0 Å². The highest BCUT2D eigenvalue weighted by molar-refractivity contribution is 7.89. The van der Waals surface area contributed by atoms with E-state index in [1.165, 1.54) is 18.0 Å². The molecule has 4 rings (SSSR count). The molecule has 0 spiro atoms. The Bertz CT molecular complexity index is 1130. The molecule has 1 N–H and O–H groups in total. The zero-order chi connectivity index (χ0) is 23.8. The Labute approximate surface area is 188 Å². The maximum absolute atomic E-state index is 15.1. The Morgan fingerprint density at radius 3 is 2.55 bits per heavy atom. The number of hydroxylamine groups is 2. The summed E-state index contributed by atoms with van der Waals surface area (Å²) in [6, 6.07) is 3.51. The Kier molecular flexibility index (Phi) is 6.54. The second-order valence-electron chi connectivity index (χ2n) is 7.78. The summed E-state index contributed by atoms with van der Waals surface area (Å²) in [6.45, 7) is 0.202. The van der Waals surface area contributed by atoms with Crippen molar-refractivity contribution in [2.45, 2.75) is 30.1 Å². The van der Waals surface area contributed by atoms with Gasteiger partial charge in [-0.3, -0.25) is 9.63 Å². The van der Waals surface area contributed by atoms with Gasteiger partial charge < -0.3 is 4.90 Å². The summed E-state index contributed by atoms with van der Waals surface area (Å²) in [5, 5.41) is 0.767. The fourth-order valence-corrected chi connectivity index (χ4v) is 4.72. The van der Waals surface area contributed by atoms with E-state index in [-0.39, 0.29) is 42.5 Å². The third-order valence-electron chi connectivity index (χ3n) is 5.75. The first-order valence-electron chi connectivity index (χ1n) is 10.3. The van der Waals surface area contributed by atoms with Gasteiger partial charge in [0, 0.05) is 25.1 Å². The summed E-state index contributed by atoms with van der Waals surface area (Å²) < 4.78 is 68.5. The molecule has 0 radical (unpaired) electrons. The number of nitrogens with one attached hydrogen (secondary N) is 1. The van der Waals surface area contributed by atoms with Crippen LogP contribution in [0.4, 0.5) is 19.0 Å². The van der Waals surface area contributed by atoms with Gasteiger partial charge in [-0.2, -0.15) is 0 Å². The lowest BCUT2D eigenvalue weighted by atomic mass is 9.93. The second kappa shape index (κ2) is 9.23. The van der Waals surface area contributed by atoms with Gasteiger partial charge in [0.1, 0.15) is 30.0 Å². The van der Waals surface area contributed by atoms with Crippen LogP contribution in [0.15, 0.2) is 35.6 Å². The molecule has 3 heterocycles. The molecule has 9 nitrogen and oxygen atoms in total. The number of carbonyl (C=O) groups excluding carboxylic acids is 1. The van der Waals surface area contributed by atoms with Crippen LogP contribution in [0.25, 0.3) is 0 Å². The standard InChI is InChI=1S/C20H22F3N5O4S/c1-24-33(30,31)19-9-18(25-11-26-19)27-4-2-15(16(23)10-27)20(29)28-17(3-5-32-28)12-6-13(21)8-14(22)7-12/h6-9,11,15-17,24H,2-5,10H2,1H3/t15-,16+,17-/m1/s1. The minimum atomic E-state index is -3.80. The van der Waals surface area contributed by atoms with Crippen LogP contribution >= 0.6 is 0 Å². The molecule has 1 aromatic heterocycles. The number of alkyl halides is 1. The van der Waals surface area contributed by atoms with Crippen LogP contribution in [-0.2, 0) is 19.7 Å². The van der Waals surface area contributed by atoms with Crippen molar-refractivity contribution >= 4 is 21.7 Å². The molecule has 2 aromatic rings. The largest absolute Gasteiger partial charge is 0.354 e. The minimum Gasteiger partial charge on any atom is -0.354 e. The van der Waals surface area contributed by atoms with Crippen molar-refractivity contribution in [2.24, 2.45) is 5.92 Å². The van der Waals surface area contributed by atoms with E-state index in [9.17, 15) is 22.0 Å². The predicted octanol–water partition coefficient (Wildman–Crippen LogP) is 1.73. The number of benzene rings is 1. The number of sulfonamides is 1. The molecule has 0 saturated carbocycles. The molecule has 178 valence electrons. The zero-order valence-corrected chi connectivity index (χ0v) is 18.4. The van der Waals surface area contributed by atoms with Gasteiger partial charge in [-0.25, -0.2) is 41.3 Å². The molecule has 1 aromatic carbocycles. The molecule has 2 aliphatic heterocycles. The molecule has 0 unspecified atom stereocenters. The highest BCUT2D eigenvalue weighted by Gasteiger charge is 2.42. The molecule has 2 fully saturated rings. The summed E-state index contributed by atoms with van der Waals surface area (Å²) in [6.07, 6.45) is -0.0825. The Morgan fingerprint density at radius 2 is 1.88 bits per heavy atom. The van der Waals surface area contributed by atoms with Gasteiger partial charge in [-0.1, -0.05) is 0 Å². The number of amides is 1. The van der Waals surface area contributed by atoms with E-state index < -0.39 is 45.7 Å². The van der Waals surface area contributed by atoms with Crippen molar-refractivity contribution in [3.05, 3.63) is 47.8 Å². The van der Waals surface area contributed by atoms with Gasteiger partial charge >= 0.3 is 0 Å². The van der Waals surface area contributed by atoms with Crippen molar-refractivity contribution < 1.29 is 31.2 Å². The van der Waals surface area contributed by atoms with Crippen LogP contribution < -0.4 is 9.62 Å². The molecule has 33 heavy (non-hydrogen) atoms. The van der Waals surface area contributed by atoms with E-state index in [4.69, 9.17) is 4.84 Å². The third kappa shape index (κ3) is 4.80. The minimum absolute atomic E-state index is 0.113. The van der Waals surface area contributed by atoms with Crippen LogP contribution in [0.2, 0.25) is 0 Å². The summed E-state index contributed by atoms with van der Waals surface area (Å²) in [5.41, 5.74) is 0.241. The van der Waals surface area contributed by atoms with Gasteiger partial charge in [-0.15, -0.1) is 0 Å². The number of aromatic nitrogens is 2. The fraction of sp³-hybridized carbons (Fsp3) is 0.450. The first-order valence-corrected chi connectivity index (χ1v) is 11.7. The van der Waals surface area contributed by atoms with E-state index in [2.05, 4.69) is 14.7 Å². The topological polar surface area (TPSA) is 105 Å². The highest BCUT2D eigenvalue weighted by Crippen LogP contribution is 2.35. The monoisotopic (exact) mass is 485 g/mol. The lowest BCUT2D eigenvalue weighted by Gasteiger charge is -2.36. The molecule has 1 amide bonds. The molecule has 2 aliphatic rings. The lowest BCUT2D eigenvalue weighted by Crippen LogP contribution is -2.49.